The van der Waals surface area contributed by atoms with Crippen LogP contribution in [0.15, 0.2) is 36.4 Å². The molecule has 0 radical (unpaired) electrons. The Balaban J connectivity index is 1.84. The number of ether oxygens (including phenoxy) is 1. The van der Waals surface area contributed by atoms with E-state index in [0.29, 0.717) is 19.4 Å². The number of allylic oxidation sites excluding steroid dienone is 1. The van der Waals surface area contributed by atoms with E-state index < -0.39 is 6.10 Å². The van der Waals surface area contributed by atoms with E-state index in [2.05, 4.69) is 5.32 Å². The molecule has 0 bridgehead atoms. The van der Waals surface area contributed by atoms with Crippen molar-refractivity contribution >= 4 is 5.91 Å². The second-order valence-corrected chi connectivity index (χ2v) is 4.73. The molecule has 0 heterocycles. The summed E-state index contributed by atoms with van der Waals surface area (Å²) in [6.07, 6.45) is 4.32. The van der Waals surface area contributed by atoms with Gasteiger partial charge in [-0.3, -0.25) is 4.79 Å². The highest BCUT2D eigenvalue weighted by molar-refractivity contribution is 5.79. The van der Waals surface area contributed by atoms with Crippen molar-refractivity contribution < 1.29 is 14.6 Å². The number of aliphatic hydroxyl groups excluding tert-OH is 1. The quantitative estimate of drug-likeness (QED) is 0.810. The molecule has 19 heavy (non-hydrogen) atoms. The number of hydrogen-bond acceptors (Lipinski definition) is 3. The molecule has 1 aliphatic carbocycles. The second kappa shape index (κ2) is 6.38. The first-order chi connectivity index (χ1) is 9.19. The smallest absolute Gasteiger partial charge is 0.223 e. The van der Waals surface area contributed by atoms with Crippen LogP contribution in [0.2, 0.25) is 0 Å². The van der Waals surface area contributed by atoms with Gasteiger partial charge in [-0.05, 0) is 30.5 Å². The number of carbonyl (C=O) groups is 1. The predicted molar refractivity (Wildman–Crippen MR) is 72.7 cm³/mol. The van der Waals surface area contributed by atoms with Gasteiger partial charge in [-0.25, -0.2) is 0 Å². The van der Waals surface area contributed by atoms with Crippen molar-refractivity contribution in [2.45, 2.75) is 25.5 Å². The van der Waals surface area contributed by atoms with Crippen LogP contribution in [-0.4, -0.2) is 24.2 Å². The van der Waals surface area contributed by atoms with Crippen LogP contribution in [0.5, 0.6) is 5.75 Å². The molecule has 2 rings (SSSR count). The zero-order valence-corrected chi connectivity index (χ0v) is 11.0. The van der Waals surface area contributed by atoms with Crippen LogP contribution in [0.25, 0.3) is 0 Å². The number of benzene rings is 1. The van der Waals surface area contributed by atoms with Gasteiger partial charge in [0.25, 0.3) is 0 Å². The standard InChI is InChI=1S/C15H19NO3/c1-19-14-7-5-11(6-8-14)10-16-15(18)12-3-2-4-13(17)9-12/h2,4-8,12-13,17H,3,9-10H2,1H3,(H,16,18). The highest BCUT2D eigenvalue weighted by Gasteiger charge is 2.22. The summed E-state index contributed by atoms with van der Waals surface area (Å²) in [7, 11) is 1.62. The molecule has 1 aromatic carbocycles. The van der Waals surface area contributed by atoms with Crippen LogP contribution in [-0.2, 0) is 11.3 Å². The maximum atomic E-state index is 12.0. The summed E-state index contributed by atoms with van der Waals surface area (Å²) < 4.78 is 5.08. The van der Waals surface area contributed by atoms with Gasteiger partial charge in [0.15, 0.2) is 0 Å². The number of carbonyl (C=O) groups excluding carboxylic acids is 1. The summed E-state index contributed by atoms with van der Waals surface area (Å²) in [5, 5.41) is 12.4. The van der Waals surface area contributed by atoms with Gasteiger partial charge in [0.1, 0.15) is 5.75 Å². The first-order valence-corrected chi connectivity index (χ1v) is 6.44. The molecule has 2 N–H and O–H groups in total. The largest absolute Gasteiger partial charge is 0.497 e. The van der Waals surface area contributed by atoms with Crippen LogP contribution >= 0.6 is 0 Å². The minimum Gasteiger partial charge on any atom is -0.497 e. The van der Waals surface area contributed by atoms with Gasteiger partial charge in [0.2, 0.25) is 5.91 Å². The third-order valence-electron chi connectivity index (χ3n) is 3.30. The van der Waals surface area contributed by atoms with Crippen molar-refractivity contribution in [3.8, 4) is 5.75 Å². The van der Waals surface area contributed by atoms with Gasteiger partial charge in [-0.15, -0.1) is 0 Å². The summed E-state index contributed by atoms with van der Waals surface area (Å²) in [5.41, 5.74) is 1.03. The van der Waals surface area contributed by atoms with E-state index in [4.69, 9.17) is 4.74 Å². The van der Waals surface area contributed by atoms with E-state index in [0.717, 1.165) is 11.3 Å². The molecule has 0 saturated heterocycles. The van der Waals surface area contributed by atoms with Crippen LogP contribution in [0.1, 0.15) is 18.4 Å². The Kier molecular flexibility index (Phi) is 4.58. The fourth-order valence-corrected chi connectivity index (χ4v) is 2.16. The van der Waals surface area contributed by atoms with Gasteiger partial charge < -0.3 is 15.2 Å². The van der Waals surface area contributed by atoms with Gasteiger partial charge in [0.05, 0.1) is 13.2 Å². The Hall–Kier alpha value is -1.81. The molecule has 0 fully saturated rings. The van der Waals surface area contributed by atoms with Crippen molar-refractivity contribution in [1.82, 2.24) is 5.32 Å². The lowest BCUT2D eigenvalue weighted by Crippen LogP contribution is -2.33. The minimum atomic E-state index is -0.495. The molecule has 2 unspecified atom stereocenters. The maximum absolute atomic E-state index is 12.0. The summed E-state index contributed by atoms with van der Waals surface area (Å²) >= 11 is 0. The zero-order valence-electron chi connectivity index (χ0n) is 11.0. The van der Waals surface area contributed by atoms with Gasteiger partial charge in [-0.1, -0.05) is 24.3 Å². The highest BCUT2D eigenvalue weighted by Crippen LogP contribution is 2.19. The third kappa shape index (κ3) is 3.83. The molecule has 0 spiro atoms. The lowest BCUT2D eigenvalue weighted by molar-refractivity contribution is -0.126. The van der Waals surface area contributed by atoms with E-state index in [-0.39, 0.29) is 11.8 Å². The number of hydrogen-bond donors (Lipinski definition) is 2. The Morgan fingerprint density at radius 1 is 1.42 bits per heavy atom. The van der Waals surface area contributed by atoms with Crippen LogP contribution in [0.3, 0.4) is 0 Å². The molecule has 0 saturated carbocycles. The molecule has 4 nitrogen and oxygen atoms in total. The minimum absolute atomic E-state index is 0.000724. The Labute approximate surface area is 113 Å². The average Bonchev–Trinajstić information content (AvgIpc) is 2.45. The lowest BCUT2D eigenvalue weighted by atomic mass is 9.92. The number of aliphatic hydroxyl groups is 1. The SMILES string of the molecule is COc1ccc(CNC(=O)C2CC=CC(O)C2)cc1. The molecule has 2 atom stereocenters. The third-order valence-corrected chi connectivity index (χ3v) is 3.30. The first kappa shape index (κ1) is 13.6. The van der Waals surface area contributed by atoms with Crippen LogP contribution in [0, 0.1) is 5.92 Å². The topological polar surface area (TPSA) is 58.6 Å². The molecule has 4 heteroatoms. The normalized spacial score (nSPS) is 22.0. The van der Waals surface area contributed by atoms with Crippen molar-refractivity contribution in [1.29, 1.82) is 0 Å². The van der Waals surface area contributed by atoms with E-state index in [1.165, 1.54) is 0 Å². The van der Waals surface area contributed by atoms with E-state index in [1.54, 1.807) is 13.2 Å². The summed E-state index contributed by atoms with van der Waals surface area (Å²) in [6, 6.07) is 7.59. The summed E-state index contributed by atoms with van der Waals surface area (Å²) in [4.78, 5) is 12.0. The summed E-state index contributed by atoms with van der Waals surface area (Å²) in [5.74, 6) is 0.674. The number of rotatable bonds is 4. The monoisotopic (exact) mass is 261 g/mol. The number of methoxy groups -OCH3 is 1. The molecule has 1 amide bonds. The first-order valence-electron chi connectivity index (χ1n) is 6.44. The predicted octanol–water partition coefficient (Wildman–Crippen LogP) is 1.64. The van der Waals surface area contributed by atoms with E-state index >= 15 is 0 Å². The van der Waals surface area contributed by atoms with Gasteiger partial charge in [-0.2, -0.15) is 0 Å². The van der Waals surface area contributed by atoms with E-state index in [1.807, 2.05) is 30.3 Å². The van der Waals surface area contributed by atoms with Crippen LogP contribution in [0.4, 0.5) is 0 Å². The van der Waals surface area contributed by atoms with Gasteiger partial charge >= 0.3 is 0 Å². The fraction of sp³-hybridized carbons (Fsp3) is 0.400. The average molecular weight is 261 g/mol. The molecular weight excluding hydrogens is 242 g/mol. The van der Waals surface area contributed by atoms with Crippen molar-refractivity contribution in [3.63, 3.8) is 0 Å². The molecular formula is C15H19NO3. The van der Waals surface area contributed by atoms with E-state index in [9.17, 15) is 9.90 Å². The molecule has 102 valence electrons. The summed E-state index contributed by atoms with van der Waals surface area (Å²) in [6.45, 7) is 0.499. The maximum Gasteiger partial charge on any atom is 0.223 e. The molecule has 1 aliphatic rings. The van der Waals surface area contributed by atoms with Crippen molar-refractivity contribution in [2.24, 2.45) is 5.92 Å². The molecule has 0 aliphatic heterocycles. The van der Waals surface area contributed by atoms with Gasteiger partial charge in [0, 0.05) is 12.5 Å². The van der Waals surface area contributed by atoms with Crippen molar-refractivity contribution in [2.75, 3.05) is 7.11 Å². The Morgan fingerprint density at radius 2 is 2.16 bits per heavy atom. The zero-order chi connectivity index (χ0) is 13.7. The van der Waals surface area contributed by atoms with Crippen LogP contribution < -0.4 is 10.1 Å². The van der Waals surface area contributed by atoms with Crippen molar-refractivity contribution in [3.05, 3.63) is 42.0 Å². The molecule has 0 aromatic heterocycles. The number of nitrogens with one attached hydrogen (secondary N) is 1. The Morgan fingerprint density at radius 3 is 2.79 bits per heavy atom. The highest BCUT2D eigenvalue weighted by atomic mass is 16.5. The lowest BCUT2D eigenvalue weighted by Gasteiger charge is -2.20. The molecule has 1 aromatic rings. The Bertz CT molecular complexity index is 453. The second-order valence-electron chi connectivity index (χ2n) is 4.73. The fourth-order valence-electron chi connectivity index (χ4n) is 2.16. The number of amides is 1.